The molecule has 1 atom stereocenters. The van der Waals surface area contributed by atoms with Gasteiger partial charge in [-0.15, -0.1) is 0 Å². The third-order valence-corrected chi connectivity index (χ3v) is 3.83. The first-order valence-corrected chi connectivity index (χ1v) is 7.41. The number of rotatable bonds is 5. The first-order chi connectivity index (χ1) is 10.7. The number of hydrogen-bond acceptors (Lipinski definition) is 4. The third kappa shape index (κ3) is 3.24. The Labute approximate surface area is 129 Å². The lowest BCUT2D eigenvalue weighted by molar-refractivity contribution is 0.0925. The number of nitrogens with one attached hydrogen (secondary N) is 1. The van der Waals surface area contributed by atoms with Crippen LogP contribution in [0.4, 0.5) is 0 Å². The van der Waals surface area contributed by atoms with E-state index in [1.165, 1.54) is 0 Å². The number of nitrogens with zero attached hydrogens (tertiary/aromatic N) is 2. The largest absolute Gasteiger partial charge is 0.497 e. The summed E-state index contributed by atoms with van der Waals surface area (Å²) in [5.74, 6) is 0.889. The van der Waals surface area contributed by atoms with Gasteiger partial charge in [-0.05, 0) is 49.4 Å². The van der Waals surface area contributed by atoms with Gasteiger partial charge in [-0.1, -0.05) is 0 Å². The molecule has 1 aliphatic carbocycles. The molecule has 5 nitrogen and oxygen atoms in total. The summed E-state index contributed by atoms with van der Waals surface area (Å²) >= 11 is 0. The molecule has 0 spiro atoms. The number of hydrogen-bond donors (Lipinski definition) is 1. The van der Waals surface area contributed by atoms with Gasteiger partial charge in [-0.2, -0.15) is 0 Å². The Bertz CT molecular complexity index is 683. The SMILES string of the molecule is COc1ccnc(C(=O)NC(c2cc(C)ccn2)C2CC2)c1. The molecule has 5 heteroatoms. The topological polar surface area (TPSA) is 64.1 Å². The van der Waals surface area contributed by atoms with Gasteiger partial charge in [0, 0.05) is 18.5 Å². The first-order valence-electron chi connectivity index (χ1n) is 7.41. The van der Waals surface area contributed by atoms with E-state index in [4.69, 9.17) is 4.74 Å². The van der Waals surface area contributed by atoms with Crippen LogP contribution in [0.5, 0.6) is 5.75 Å². The highest BCUT2D eigenvalue weighted by Gasteiger charge is 2.34. The number of carbonyl (C=O) groups excluding carboxylic acids is 1. The van der Waals surface area contributed by atoms with Crippen molar-refractivity contribution in [3.63, 3.8) is 0 Å². The fraction of sp³-hybridized carbons (Fsp3) is 0.353. The molecule has 1 saturated carbocycles. The van der Waals surface area contributed by atoms with Crippen LogP contribution in [-0.4, -0.2) is 23.0 Å². The van der Waals surface area contributed by atoms with Crippen LogP contribution in [0.3, 0.4) is 0 Å². The molecule has 2 heterocycles. The van der Waals surface area contributed by atoms with Crippen LogP contribution in [0.2, 0.25) is 0 Å². The molecule has 1 N–H and O–H groups in total. The Kier molecular flexibility index (Phi) is 4.04. The van der Waals surface area contributed by atoms with Gasteiger partial charge >= 0.3 is 0 Å². The number of aryl methyl sites for hydroxylation is 1. The van der Waals surface area contributed by atoms with E-state index in [9.17, 15) is 4.79 Å². The summed E-state index contributed by atoms with van der Waals surface area (Å²) in [4.78, 5) is 21.0. The summed E-state index contributed by atoms with van der Waals surface area (Å²) in [6, 6.07) is 7.29. The average molecular weight is 297 g/mol. The van der Waals surface area contributed by atoms with Crippen molar-refractivity contribution in [3.05, 3.63) is 53.6 Å². The van der Waals surface area contributed by atoms with Gasteiger partial charge in [0.05, 0.1) is 18.8 Å². The van der Waals surface area contributed by atoms with Crippen LogP contribution in [-0.2, 0) is 0 Å². The predicted octanol–water partition coefficient (Wildman–Crippen LogP) is 2.67. The molecule has 2 aromatic heterocycles. The van der Waals surface area contributed by atoms with Crippen LogP contribution in [0, 0.1) is 12.8 Å². The van der Waals surface area contributed by atoms with E-state index < -0.39 is 0 Å². The van der Waals surface area contributed by atoms with E-state index in [2.05, 4.69) is 15.3 Å². The number of aromatic nitrogens is 2. The van der Waals surface area contributed by atoms with Crippen molar-refractivity contribution in [3.8, 4) is 5.75 Å². The molecule has 1 fully saturated rings. The lowest BCUT2D eigenvalue weighted by Gasteiger charge is -2.18. The van der Waals surface area contributed by atoms with Crippen molar-refractivity contribution in [2.75, 3.05) is 7.11 Å². The summed E-state index contributed by atoms with van der Waals surface area (Å²) in [6.07, 6.45) is 5.60. The molecule has 2 aromatic rings. The zero-order chi connectivity index (χ0) is 15.5. The molecule has 0 bridgehead atoms. The van der Waals surface area contributed by atoms with Crippen LogP contribution in [0.25, 0.3) is 0 Å². The average Bonchev–Trinajstić information content (AvgIpc) is 3.37. The molecule has 114 valence electrons. The number of ether oxygens (including phenoxy) is 1. The zero-order valence-corrected chi connectivity index (χ0v) is 12.7. The standard InChI is InChI=1S/C17H19N3O2/c1-11-5-7-18-14(9-11)16(12-3-4-12)20-17(21)15-10-13(22-2)6-8-19-15/h5-10,12,16H,3-4H2,1-2H3,(H,20,21). The van der Waals surface area contributed by atoms with Gasteiger partial charge in [0.2, 0.25) is 0 Å². The van der Waals surface area contributed by atoms with Crippen molar-refractivity contribution in [2.45, 2.75) is 25.8 Å². The van der Waals surface area contributed by atoms with Crippen molar-refractivity contribution < 1.29 is 9.53 Å². The molecular formula is C17H19N3O2. The number of methoxy groups -OCH3 is 1. The van der Waals surface area contributed by atoms with Gasteiger partial charge in [0.25, 0.3) is 5.91 Å². The van der Waals surface area contributed by atoms with Crippen LogP contribution >= 0.6 is 0 Å². The smallest absolute Gasteiger partial charge is 0.270 e. The minimum Gasteiger partial charge on any atom is -0.497 e. The van der Waals surface area contributed by atoms with Crippen molar-refractivity contribution in [1.82, 2.24) is 15.3 Å². The van der Waals surface area contributed by atoms with Crippen LogP contribution in [0.1, 0.15) is 40.6 Å². The molecule has 1 amide bonds. The second kappa shape index (κ2) is 6.13. The molecule has 0 aromatic carbocycles. The fourth-order valence-electron chi connectivity index (χ4n) is 2.47. The van der Waals surface area contributed by atoms with Crippen molar-refractivity contribution in [2.24, 2.45) is 5.92 Å². The van der Waals surface area contributed by atoms with Gasteiger partial charge in [-0.25, -0.2) is 0 Å². The molecule has 1 unspecified atom stereocenters. The quantitative estimate of drug-likeness (QED) is 0.921. The van der Waals surface area contributed by atoms with E-state index in [1.54, 1.807) is 31.6 Å². The predicted molar refractivity (Wildman–Crippen MR) is 82.7 cm³/mol. The van der Waals surface area contributed by atoms with E-state index >= 15 is 0 Å². The van der Waals surface area contributed by atoms with Gasteiger partial charge in [0.15, 0.2) is 0 Å². The van der Waals surface area contributed by atoms with E-state index in [0.717, 1.165) is 24.1 Å². The Hall–Kier alpha value is -2.43. The summed E-state index contributed by atoms with van der Waals surface area (Å²) < 4.78 is 5.14. The maximum Gasteiger partial charge on any atom is 0.270 e. The Morgan fingerprint density at radius 2 is 2.05 bits per heavy atom. The van der Waals surface area contributed by atoms with E-state index in [-0.39, 0.29) is 11.9 Å². The molecule has 0 aliphatic heterocycles. The van der Waals surface area contributed by atoms with Gasteiger partial charge in [0.1, 0.15) is 11.4 Å². The zero-order valence-electron chi connectivity index (χ0n) is 12.7. The van der Waals surface area contributed by atoms with Crippen LogP contribution < -0.4 is 10.1 Å². The highest BCUT2D eigenvalue weighted by Crippen LogP contribution is 2.40. The van der Waals surface area contributed by atoms with Crippen molar-refractivity contribution in [1.29, 1.82) is 0 Å². The Morgan fingerprint density at radius 1 is 1.27 bits per heavy atom. The Balaban J connectivity index is 1.80. The molecular weight excluding hydrogens is 278 g/mol. The molecule has 0 saturated heterocycles. The maximum absolute atomic E-state index is 12.5. The first kappa shape index (κ1) is 14.5. The molecule has 3 rings (SSSR count). The summed E-state index contributed by atoms with van der Waals surface area (Å²) in [5.41, 5.74) is 2.42. The minimum atomic E-state index is -0.195. The number of carbonyl (C=O) groups is 1. The second-order valence-electron chi connectivity index (χ2n) is 5.63. The summed E-state index contributed by atoms with van der Waals surface area (Å²) in [6.45, 7) is 2.03. The maximum atomic E-state index is 12.5. The summed E-state index contributed by atoms with van der Waals surface area (Å²) in [5, 5.41) is 3.07. The van der Waals surface area contributed by atoms with Gasteiger partial charge in [-0.3, -0.25) is 14.8 Å². The molecule has 22 heavy (non-hydrogen) atoms. The van der Waals surface area contributed by atoms with E-state index in [0.29, 0.717) is 17.4 Å². The second-order valence-corrected chi connectivity index (χ2v) is 5.63. The van der Waals surface area contributed by atoms with Crippen LogP contribution in [0.15, 0.2) is 36.7 Å². The highest BCUT2D eigenvalue weighted by molar-refractivity contribution is 5.92. The van der Waals surface area contributed by atoms with Crippen molar-refractivity contribution >= 4 is 5.91 Å². The number of pyridine rings is 2. The number of amides is 1. The van der Waals surface area contributed by atoms with E-state index in [1.807, 2.05) is 19.1 Å². The lowest BCUT2D eigenvalue weighted by atomic mass is 10.1. The minimum absolute atomic E-state index is 0.0552. The normalized spacial score (nSPS) is 15.2. The monoisotopic (exact) mass is 297 g/mol. The highest BCUT2D eigenvalue weighted by atomic mass is 16.5. The lowest BCUT2D eigenvalue weighted by Crippen LogP contribution is -2.31. The third-order valence-electron chi connectivity index (χ3n) is 3.83. The Morgan fingerprint density at radius 3 is 2.73 bits per heavy atom. The molecule has 0 radical (unpaired) electrons. The molecule has 1 aliphatic rings. The fourth-order valence-corrected chi connectivity index (χ4v) is 2.47. The van der Waals surface area contributed by atoms with Gasteiger partial charge < -0.3 is 10.1 Å². The summed E-state index contributed by atoms with van der Waals surface area (Å²) in [7, 11) is 1.57.